The fourth-order valence-corrected chi connectivity index (χ4v) is 3.62. The first kappa shape index (κ1) is 14.7. The average molecular weight is 337 g/mol. The van der Waals surface area contributed by atoms with E-state index >= 15 is 0 Å². The number of fused-ring (bicyclic) bond motifs is 3. The zero-order valence-corrected chi connectivity index (χ0v) is 13.8. The molecular weight excluding hydrogens is 322 g/mol. The van der Waals surface area contributed by atoms with E-state index in [1.54, 1.807) is 0 Å². The highest BCUT2D eigenvalue weighted by Gasteiger charge is 2.10. The number of nitrogens with zero attached hydrogens (tertiary/aromatic N) is 1. The molecule has 0 spiro atoms. The van der Waals surface area contributed by atoms with Crippen molar-refractivity contribution in [1.82, 2.24) is 9.97 Å². The van der Waals surface area contributed by atoms with Crippen molar-refractivity contribution in [3.05, 3.63) is 53.0 Å². The summed E-state index contributed by atoms with van der Waals surface area (Å²) in [5.41, 5.74) is 4.45. The van der Waals surface area contributed by atoms with Crippen LogP contribution in [0.3, 0.4) is 0 Å². The summed E-state index contributed by atoms with van der Waals surface area (Å²) in [6.45, 7) is 2.15. The summed E-state index contributed by atoms with van der Waals surface area (Å²) in [6.07, 6.45) is 0.979. The van der Waals surface area contributed by atoms with Crippen LogP contribution in [0.1, 0.15) is 23.0 Å². The summed E-state index contributed by atoms with van der Waals surface area (Å²) in [5.74, 6) is -1.02. The van der Waals surface area contributed by atoms with Crippen LogP contribution in [-0.4, -0.2) is 21.0 Å². The molecule has 2 aromatic heterocycles. The molecule has 0 saturated heterocycles. The van der Waals surface area contributed by atoms with Gasteiger partial charge in [0.1, 0.15) is 0 Å². The molecule has 0 aliphatic carbocycles. The molecule has 2 aromatic carbocycles. The van der Waals surface area contributed by atoms with E-state index in [0.29, 0.717) is 5.13 Å². The lowest BCUT2D eigenvalue weighted by Gasteiger charge is -2.02. The van der Waals surface area contributed by atoms with Gasteiger partial charge in [0.05, 0.1) is 0 Å². The Balaban J connectivity index is 1.74. The van der Waals surface area contributed by atoms with Crippen molar-refractivity contribution in [2.24, 2.45) is 0 Å². The number of aryl methyl sites for hydroxylation is 1. The third-order valence-electron chi connectivity index (χ3n) is 4.08. The zero-order valence-electron chi connectivity index (χ0n) is 13.0. The minimum Gasteiger partial charge on any atom is -0.476 e. The molecule has 0 amide bonds. The van der Waals surface area contributed by atoms with Crippen LogP contribution in [0.4, 0.5) is 10.8 Å². The van der Waals surface area contributed by atoms with Crippen LogP contribution < -0.4 is 5.32 Å². The minimum atomic E-state index is -1.02. The summed E-state index contributed by atoms with van der Waals surface area (Å²) in [7, 11) is 0. The molecule has 0 bridgehead atoms. The third kappa shape index (κ3) is 2.41. The van der Waals surface area contributed by atoms with E-state index in [9.17, 15) is 4.79 Å². The van der Waals surface area contributed by atoms with Gasteiger partial charge in [0.2, 0.25) is 0 Å². The van der Waals surface area contributed by atoms with Gasteiger partial charge in [-0.15, -0.1) is 11.3 Å². The lowest BCUT2D eigenvalue weighted by Crippen LogP contribution is -1.97. The number of H-pyrrole nitrogens is 1. The Kier molecular flexibility index (Phi) is 3.46. The number of aromatic amines is 1. The normalized spacial score (nSPS) is 11.2. The number of anilines is 2. The first-order valence-electron chi connectivity index (χ1n) is 7.65. The number of carboxylic acids is 1. The Labute approximate surface area is 142 Å². The predicted octanol–water partition coefficient (Wildman–Crippen LogP) is 4.78. The van der Waals surface area contributed by atoms with E-state index in [4.69, 9.17) is 5.11 Å². The molecule has 5 nitrogen and oxygen atoms in total. The number of carbonyl (C=O) groups is 1. The van der Waals surface area contributed by atoms with Gasteiger partial charge in [-0.3, -0.25) is 0 Å². The van der Waals surface area contributed by atoms with Gasteiger partial charge in [-0.25, -0.2) is 9.78 Å². The van der Waals surface area contributed by atoms with Crippen LogP contribution in [0.5, 0.6) is 0 Å². The predicted molar refractivity (Wildman–Crippen MR) is 97.5 cm³/mol. The SMILES string of the molecule is CCc1cccc2c1[nH]c1cc(Nc3nc(C(=O)O)cs3)ccc12. The quantitative estimate of drug-likeness (QED) is 0.501. The highest BCUT2D eigenvalue weighted by Crippen LogP contribution is 2.31. The maximum Gasteiger partial charge on any atom is 0.355 e. The first-order valence-corrected chi connectivity index (χ1v) is 8.53. The molecule has 0 saturated carbocycles. The van der Waals surface area contributed by atoms with Gasteiger partial charge in [-0.2, -0.15) is 0 Å². The van der Waals surface area contributed by atoms with Gasteiger partial charge < -0.3 is 15.4 Å². The summed E-state index contributed by atoms with van der Waals surface area (Å²) in [4.78, 5) is 18.5. The Morgan fingerprint density at radius 3 is 2.92 bits per heavy atom. The second kappa shape index (κ2) is 5.65. The maximum atomic E-state index is 10.9. The number of aromatic carboxylic acids is 1. The number of nitrogens with one attached hydrogen (secondary N) is 2. The summed E-state index contributed by atoms with van der Waals surface area (Å²) < 4.78 is 0. The van der Waals surface area contributed by atoms with E-state index in [1.165, 1.54) is 38.6 Å². The number of para-hydroxylation sites is 1. The molecular formula is C18H15N3O2S. The van der Waals surface area contributed by atoms with Gasteiger partial charge in [0.15, 0.2) is 10.8 Å². The lowest BCUT2D eigenvalue weighted by atomic mass is 10.1. The van der Waals surface area contributed by atoms with Crippen LogP contribution in [0, 0.1) is 0 Å². The van der Waals surface area contributed by atoms with Crippen LogP contribution in [0.2, 0.25) is 0 Å². The van der Waals surface area contributed by atoms with Gasteiger partial charge in [0.25, 0.3) is 0 Å². The third-order valence-corrected chi connectivity index (χ3v) is 4.83. The number of carboxylic acid groups (broad SMARTS) is 1. The smallest absolute Gasteiger partial charge is 0.355 e. The number of benzene rings is 2. The van der Waals surface area contributed by atoms with Crippen LogP contribution in [0.15, 0.2) is 41.8 Å². The molecule has 0 aliphatic heterocycles. The number of thiazole rings is 1. The monoisotopic (exact) mass is 337 g/mol. The molecule has 2 heterocycles. The van der Waals surface area contributed by atoms with Crippen molar-refractivity contribution in [2.75, 3.05) is 5.32 Å². The lowest BCUT2D eigenvalue weighted by molar-refractivity contribution is 0.0691. The number of rotatable bonds is 4. The number of hydrogen-bond donors (Lipinski definition) is 3. The molecule has 0 unspecified atom stereocenters. The second-order valence-electron chi connectivity index (χ2n) is 5.55. The number of aromatic nitrogens is 2. The largest absolute Gasteiger partial charge is 0.476 e. The van der Waals surface area contributed by atoms with Crippen LogP contribution in [0.25, 0.3) is 21.8 Å². The maximum absolute atomic E-state index is 10.9. The highest BCUT2D eigenvalue weighted by molar-refractivity contribution is 7.14. The van der Waals surface area contributed by atoms with E-state index < -0.39 is 5.97 Å². The molecule has 0 radical (unpaired) electrons. The van der Waals surface area contributed by atoms with E-state index in [-0.39, 0.29) is 5.69 Å². The van der Waals surface area contributed by atoms with Gasteiger partial charge in [-0.1, -0.05) is 31.2 Å². The topological polar surface area (TPSA) is 78.0 Å². The Bertz CT molecular complexity index is 1060. The first-order chi connectivity index (χ1) is 11.7. The average Bonchev–Trinajstić information content (AvgIpc) is 3.18. The van der Waals surface area contributed by atoms with E-state index in [1.807, 2.05) is 12.1 Å². The van der Waals surface area contributed by atoms with Crippen molar-refractivity contribution in [3.63, 3.8) is 0 Å². The molecule has 0 atom stereocenters. The van der Waals surface area contributed by atoms with Crippen molar-refractivity contribution in [3.8, 4) is 0 Å². The van der Waals surface area contributed by atoms with Gasteiger partial charge in [0, 0.05) is 32.9 Å². The fourth-order valence-electron chi connectivity index (χ4n) is 2.91. The molecule has 3 N–H and O–H groups in total. The summed E-state index contributed by atoms with van der Waals surface area (Å²) >= 11 is 1.28. The van der Waals surface area contributed by atoms with Crippen LogP contribution in [-0.2, 0) is 6.42 Å². The number of hydrogen-bond acceptors (Lipinski definition) is 4. The second-order valence-corrected chi connectivity index (χ2v) is 6.40. The molecule has 0 fully saturated rings. The summed E-state index contributed by atoms with van der Waals surface area (Å²) in [5, 5.41) is 16.6. The zero-order chi connectivity index (χ0) is 16.7. The molecule has 24 heavy (non-hydrogen) atoms. The Morgan fingerprint density at radius 1 is 1.29 bits per heavy atom. The highest BCUT2D eigenvalue weighted by atomic mass is 32.1. The van der Waals surface area contributed by atoms with Crippen LogP contribution >= 0.6 is 11.3 Å². The molecule has 4 rings (SSSR count). The molecule has 6 heteroatoms. The van der Waals surface area contributed by atoms with Gasteiger partial charge in [-0.05, 0) is 24.1 Å². The van der Waals surface area contributed by atoms with E-state index in [0.717, 1.165) is 17.6 Å². The van der Waals surface area contributed by atoms with E-state index in [2.05, 4.69) is 46.5 Å². The van der Waals surface area contributed by atoms with Crippen molar-refractivity contribution >= 4 is 49.9 Å². The van der Waals surface area contributed by atoms with Crippen molar-refractivity contribution in [1.29, 1.82) is 0 Å². The van der Waals surface area contributed by atoms with Gasteiger partial charge >= 0.3 is 5.97 Å². The Hall–Kier alpha value is -2.86. The molecule has 120 valence electrons. The fraction of sp³-hybridized carbons (Fsp3) is 0.111. The standard InChI is InChI=1S/C18H15N3O2S/c1-2-10-4-3-5-13-12-7-6-11(8-14(12)20-16(10)13)19-18-21-15(9-24-18)17(22)23/h3-9,20H,2H2,1H3,(H,19,21)(H,22,23). The minimum absolute atomic E-state index is 0.0572. The molecule has 4 aromatic rings. The van der Waals surface area contributed by atoms with Crippen molar-refractivity contribution < 1.29 is 9.90 Å². The Morgan fingerprint density at radius 2 is 2.17 bits per heavy atom. The summed E-state index contributed by atoms with van der Waals surface area (Å²) in [6, 6.07) is 12.4. The van der Waals surface area contributed by atoms with Crippen molar-refractivity contribution in [2.45, 2.75) is 13.3 Å². The molecule has 0 aliphatic rings.